The van der Waals surface area contributed by atoms with Crippen LogP contribution in [0.4, 0.5) is 0 Å². The highest BCUT2D eigenvalue weighted by atomic mass is 16.8. The molecular weight excluding hydrogens is 1460 g/mol. The van der Waals surface area contributed by atoms with Crippen molar-refractivity contribution in [1.82, 2.24) is 10.6 Å². The van der Waals surface area contributed by atoms with E-state index in [9.17, 15) is 111 Å². The Labute approximate surface area is 644 Å². The van der Waals surface area contributed by atoms with Crippen LogP contribution in [0.2, 0.25) is 0 Å². The largest absolute Gasteiger partial charge is 0.477 e. The minimum absolute atomic E-state index is 0.130. The van der Waals surface area contributed by atoms with Gasteiger partial charge in [0.2, 0.25) is 11.8 Å². The van der Waals surface area contributed by atoms with E-state index < -0.39 is 247 Å². The lowest BCUT2D eigenvalue weighted by Gasteiger charge is -2.52. The standard InChI is InChI=1S/C74H134N4O32/c1-4-6-8-10-12-14-16-18-19-21-23-25-27-29-31-33-52(89)78-43(44(84)32-30-28-26-24-22-20-17-15-13-11-9-7-5-2)40-101-69-61(95)60(94)63(50(38-81)104-69)106-70-62(96)67(64(51(39-82)105-70)107-68-55(77-42(3)83)59(93)58(92)49(37-80)103-68)110-74(72(99)100)35-46(86)54(76)66(109-74)57(91)48(88)41-102-73(71(97)98)34-45(85)53(75)65(108-73)56(90)47(87)36-79/h30,32,43-51,53-70,79-82,84-88,90-96H,4-29,31,33-41,75-76H2,1-3H3,(H,77,83)(H,78,89)(H,97,98)(H,99,100)/t43?,44?,45-,46-,47?,48?,49-,50-,51-,53+,54+,55-,56?,57?,58+,59-,60-,61-,62-,63-,64+,65+,66+,67-,68+,69-,70+,73-,74+/m1/s1. The van der Waals surface area contributed by atoms with Crippen LogP contribution in [0.3, 0.4) is 0 Å². The number of carboxylic acids is 2. The number of carboxylic acid groups (broad SMARTS) is 2. The van der Waals surface area contributed by atoms with Crippen molar-refractivity contribution in [2.24, 2.45) is 11.5 Å². The third kappa shape index (κ3) is 29.0. The summed E-state index contributed by atoms with van der Waals surface area (Å²) in [5.74, 6) is -11.9. The molecule has 5 saturated heterocycles. The van der Waals surface area contributed by atoms with Gasteiger partial charge < -0.3 is 161 Å². The van der Waals surface area contributed by atoms with Crippen molar-refractivity contribution in [1.29, 1.82) is 0 Å². The fourth-order valence-corrected chi connectivity index (χ4v) is 14.6. The topological polar surface area (TPSA) is 601 Å². The zero-order valence-corrected chi connectivity index (χ0v) is 64.1. The van der Waals surface area contributed by atoms with Gasteiger partial charge in [-0.15, -0.1) is 0 Å². The highest BCUT2D eigenvalue weighted by Gasteiger charge is 2.62. The number of amides is 2. The summed E-state index contributed by atoms with van der Waals surface area (Å²) in [5.41, 5.74) is 12.2. The lowest BCUT2D eigenvalue weighted by atomic mass is 9.88. The molecule has 2 amide bonds. The fourth-order valence-electron chi connectivity index (χ4n) is 14.6. The molecule has 0 aliphatic carbocycles. The summed E-state index contributed by atoms with van der Waals surface area (Å²) in [6.07, 6.45) is -16.4. The number of carbonyl (C=O) groups excluding carboxylic acids is 2. The minimum Gasteiger partial charge on any atom is -0.477 e. The molecule has 0 aromatic carbocycles. The Morgan fingerprint density at radius 2 is 0.955 bits per heavy atom. The van der Waals surface area contributed by atoms with Gasteiger partial charge in [0.05, 0.1) is 76.1 Å². The molecule has 24 N–H and O–H groups in total. The fraction of sp³-hybridized carbons (Fsp3) is 0.919. The summed E-state index contributed by atoms with van der Waals surface area (Å²) in [6, 6.07) is -6.44. The molecule has 0 aromatic rings. The lowest BCUT2D eigenvalue weighted by Crippen LogP contribution is -2.71. The molecule has 5 heterocycles. The summed E-state index contributed by atoms with van der Waals surface area (Å²) in [5, 5.41) is 205. The maximum atomic E-state index is 13.9. The first-order valence-electron chi connectivity index (χ1n) is 39.9. The van der Waals surface area contributed by atoms with Gasteiger partial charge in [-0.2, -0.15) is 0 Å². The zero-order chi connectivity index (χ0) is 81.3. The molecule has 6 unspecified atom stereocenters. The Balaban J connectivity index is 1.37. The van der Waals surface area contributed by atoms with E-state index in [1.54, 1.807) is 0 Å². The molecule has 36 heteroatoms. The predicted octanol–water partition coefficient (Wildman–Crippen LogP) is -2.05. The summed E-state index contributed by atoms with van der Waals surface area (Å²) in [6.45, 7) is -0.837. The van der Waals surface area contributed by atoms with Crippen LogP contribution in [0, 0.1) is 0 Å². The number of nitrogens with two attached hydrogens (primary N) is 2. The Kier molecular flexibility index (Phi) is 44.3. The number of aliphatic hydroxyl groups is 16. The van der Waals surface area contributed by atoms with Crippen molar-refractivity contribution in [2.45, 2.75) is 390 Å². The summed E-state index contributed by atoms with van der Waals surface area (Å²) in [7, 11) is 0. The van der Waals surface area contributed by atoms with E-state index in [4.69, 9.17) is 58.8 Å². The molecule has 29 atom stereocenters. The molecule has 0 saturated carbocycles. The van der Waals surface area contributed by atoms with Crippen LogP contribution in [0.15, 0.2) is 12.2 Å². The molecule has 110 heavy (non-hydrogen) atoms. The predicted molar refractivity (Wildman–Crippen MR) is 388 cm³/mol. The van der Waals surface area contributed by atoms with Crippen LogP contribution >= 0.6 is 0 Å². The van der Waals surface area contributed by atoms with Gasteiger partial charge in [-0.1, -0.05) is 180 Å². The molecule has 642 valence electrons. The monoisotopic (exact) mass is 1590 g/mol. The van der Waals surface area contributed by atoms with Crippen molar-refractivity contribution < 1.29 is 158 Å². The van der Waals surface area contributed by atoms with Crippen LogP contribution < -0.4 is 22.1 Å². The Morgan fingerprint density at radius 1 is 0.509 bits per heavy atom. The normalized spacial score (nSPS) is 34.6. The SMILES string of the molecule is CCCCCCCCCCCCCC=CC(O)C(CO[C@@H]1O[C@H](CO)[C@@H](O[C@@H]2O[C@H](CO)[C@H](O[C@@H]3O[C@H](CO)[C@H](O)[C@H](O)[C@H]3NC(C)=O)[C@H](O[C@]3(C(=O)O)C[C@@H](O)[C@H](N)[C@@H](C(O)C(O)CO[C@]4(C(=O)O)C[C@@H](O)[C@H](N)[C@@H](C(O)C(O)CO)O4)O3)[C@H]2O)[C@H](O)[C@H]1O)NC(=O)CCCCCCCCCCCCCCCCC. The number of ether oxygens (including phenoxy) is 10. The highest BCUT2D eigenvalue weighted by molar-refractivity contribution is 5.77. The number of hydrogen-bond donors (Lipinski definition) is 22. The minimum atomic E-state index is -3.43. The lowest BCUT2D eigenvalue weighted by molar-refractivity contribution is -0.400. The van der Waals surface area contributed by atoms with Gasteiger partial charge >= 0.3 is 11.9 Å². The van der Waals surface area contributed by atoms with E-state index in [0.717, 1.165) is 64.7 Å². The first kappa shape index (κ1) is 97.1. The molecule has 0 bridgehead atoms. The third-order valence-corrected chi connectivity index (χ3v) is 21.3. The van der Waals surface area contributed by atoms with Gasteiger partial charge in [0.15, 0.2) is 18.9 Å². The van der Waals surface area contributed by atoms with Gasteiger partial charge in [0.1, 0.15) is 110 Å². The number of rotatable bonds is 54. The molecule has 5 fully saturated rings. The van der Waals surface area contributed by atoms with E-state index >= 15 is 0 Å². The van der Waals surface area contributed by atoms with Crippen LogP contribution in [0.25, 0.3) is 0 Å². The first-order valence-corrected chi connectivity index (χ1v) is 39.9. The number of unbranched alkanes of at least 4 members (excludes halogenated alkanes) is 25. The van der Waals surface area contributed by atoms with E-state index in [1.807, 2.05) is 6.08 Å². The van der Waals surface area contributed by atoms with Gasteiger partial charge in [-0.3, -0.25) is 9.59 Å². The van der Waals surface area contributed by atoms with Crippen LogP contribution in [-0.2, 0) is 66.5 Å². The second-order valence-electron chi connectivity index (χ2n) is 30.2. The molecule has 36 nitrogen and oxygen atoms in total. The molecule has 0 radical (unpaired) electrons. The van der Waals surface area contributed by atoms with Gasteiger partial charge in [0.25, 0.3) is 11.6 Å². The Bertz CT molecular complexity index is 2620. The first-order chi connectivity index (χ1) is 52.5. The second kappa shape index (κ2) is 50.2. The maximum Gasteiger partial charge on any atom is 0.364 e. The second-order valence-corrected chi connectivity index (χ2v) is 30.2. The third-order valence-electron chi connectivity index (χ3n) is 21.3. The smallest absolute Gasteiger partial charge is 0.364 e. The maximum absolute atomic E-state index is 13.9. The number of hydrogen-bond acceptors (Lipinski definition) is 32. The van der Waals surface area contributed by atoms with Gasteiger partial charge in [0, 0.05) is 26.2 Å². The average Bonchev–Trinajstić information content (AvgIpc) is 0.753. The van der Waals surface area contributed by atoms with Crippen molar-refractivity contribution in [3.63, 3.8) is 0 Å². The molecule has 5 aliphatic rings. The molecular formula is C74H134N4O32. The summed E-state index contributed by atoms with van der Waals surface area (Å²) >= 11 is 0. The summed E-state index contributed by atoms with van der Waals surface area (Å²) < 4.78 is 59.0. The van der Waals surface area contributed by atoms with Gasteiger partial charge in [-0.25, -0.2) is 9.59 Å². The van der Waals surface area contributed by atoms with Crippen molar-refractivity contribution in [3.05, 3.63) is 12.2 Å². The van der Waals surface area contributed by atoms with Crippen molar-refractivity contribution in [2.75, 3.05) is 39.6 Å². The Hall–Kier alpha value is -3.50. The Morgan fingerprint density at radius 3 is 1.45 bits per heavy atom. The van der Waals surface area contributed by atoms with E-state index in [1.165, 1.54) is 109 Å². The molecule has 0 spiro atoms. The number of carbonyl (C=O) groups is 4. The van der Waals surface area contributed by atoms with Gasteiger partial charge in [-0.05, 0) is 19.3 Å². The van der Waals surface area contributed by atoms with Crippen LogP contribution in [0.1, 0.15) is 213 Å². The molecule has 5 aliphatic heterocycles. The van der Waals surface area contributed by atoms with Crippen LogP contribution in [0.5, 0.6) is 0 Å². The molecule has 5 rings (SSSR count). The van der Waals surface area contributed by atoms with Crippen molar-refractivity contribution in [3.8, 4) is 0 Å². The number of nitrogens with one attached hydrogen (secondary N) is 2. The highest BCUT2D eigenvalue weighted by Crippen LogP contribution is 2.41. The molecule has 0 aromatic heterocycles. The number of allylic oxidation sites excluding steroid dienone is 1. The van der Waals surface area contributed by atoms with Crippen LogP contribution in [-0.4, -0.2) is 332 Å². The van der Waals surface area contributed by atoms with E-state index in [2.05, 4.69) is 24.5 Å². The van der Waals surface area contributed by atoms with E-state index in [-0.39, 0.29) is 12.3 Å². The number of aliphatic hydroxyl groups excluding tert-OH is 16. The summed E-state index contributed by atoms with van der Waals surface area (Å²) in [4.78, 5) is 52.8. The average molecular weight is 1590 g/mol. The van der Waals surface area contributed by atoms with Crippen molar-refractivity contribution >= 4 is 23.8 Å². The zero-order valence-electron chi connectivity index (χ0n) is 64.1. The quantitative estimate of drug-likeness (QED) is 0.0230. The number of aliphatic carboxylic acids is 2. The van der Waals surface area contributed by atoms with E-state index in [0.29, 0.717) is 12.8 Å².